The second-order valence-electron chi connectivity index (χ2n) is 8.30. The van der Waals surface area contributed by atoms with Crippen molar-refractivity contribution in [3.05, 3.63) is 70.6 Å². The maximum Gasteiger partial charge on any atom is 0.421 e. The number of carbonyl (C=O) groups excluding carboxylic acids is 3. The lowest BCUT2D eigenvalue weighted by atomic mass is 9.98. The van der Waals surface area contributed by atoms with Crippen LogP contribution in [0.15, 0.2) is 48.8 Å². The Labute approximate surface area is 215 Å². The van der Waals surface area contributed by atoms with E-state index in [-0.39, 0.29) is 12.4 Å². The van der Waals surface area contributed by atoms with Crippen LogP contribution >= 0.6 is 11.6 Å². The van der Waals surface area contributed by atoms with Crippen molar-refractivity contribution in [2.75, 3.05) is 5.32 Å². The SMILES string of the molecule is CC(C)[C@@H](NC(=O)c1ccc(OCc2ccccn2)c(C(F)(F)F)c1Cl)C(=O)C(=O)Nc1ccn(C)n1. The van der Waals surface area contributed by atoms with Crippen LogP contribution in [0.1, 0.15) is 35.5 Å². The molecule has 9 nitrogen and oxygen atoms in total. The molecule has 2 amide bonds. The van der Waals surface area contributed by atoms with Crippen molar-refractivity contribution in [2.24, 2.45) is 13.0 Å². The van der Waals surface area contributed by atoms with Crippen LogP contribution in [0.4, 0.5) is 19.0 Å². The highest BCUT2D eigenvalue weighted by atomic mass is 35.5. The number of Topliss-reactive ketones (excluding diaryl/α,β-unsaturated/α-hetero) is 1. The molecule has 0 saturated heterocycles. The number of hydrogen-bond acceptors (Lipinski definition) is 6. The van der Waals surface area contributed by atoms with E-state index in [4.69, 9.17) is 16.3 Å². The highest BCUT2D eigenvalue weighted by Crippen LogP contribution is 2.43. The molecule has 0 radical (unpaired) electrons. The second kappa shape index (κ2) is 11.4. The Morgan fingerprint density at radius 3 is 2.43 bits per heavy atom. The Morgan fingerprint density at radius 2 is 1.86 bits per heavy atom. The number of nitrogens with one attached hydrogen (secondary N) is 2. The molecule has 13 heteroatoms. The summed E-state index contributed by atoms with van der Waals surface area (Å²) < 4.78 is 48.4. The molecule has 0 aliphatic heterocycles. The third-order valence-electron chi connectivity index (χ3n) is 5.15. The minimum Gasteiger partial charge on any atom is -0.487 e. The van der Waals surface area contributed by atoms with Gasteiger partial charge in [0.2, 0.25) is 5.78 Å². The van der Waals surface area contributed by atoms with E-state index < -0.39 is 57.6 Å². The summed E-state index contributed by atoms with van der Waals surface area (Å²) in [4.78, 5) is 42.1. The molecule has 37 heavy (non-hydrogen) atoms. The van der Waals surface area contributed by atoms with Gasteiger partial charge in [0.1, 0.15) is 17.9 Å². The molecule has 3 rings (SSSR count). The summed E-state index contributed by atoms with van der Waals surface area (Å²) in [5, 5.41) is 7.67. The zero-order valence-corrected chi connectivity index (χ0v) is 20.7. The highest BCUT2D eigenvalue weighted by molar-refractivity contribution is 6.42. The number of ketones is 1. The van der Waals surface area contributed by atoms with Crippen molar-refractivity contribution in [2.45, 2.75) is 32.7 Å². The molecule has 0 spiro atoms. The van der Waals surface area contributed by atoms with Gasteiger partial charge in [-0.2, -0.15) is 18.3 Å². The van der Waals surface area contributed by atoms with Crippen LogP contribution < -0.4 is 15.4 Å². The van der Waals surface area contributed by atoms with Gasteiger partial charge in [0.15, 0.2) is 5.82 Å². The van der Waals surface area contributed by atoms with E-state index >= 15 is 0 Å². The van der Waals surface area contributed by atoms with Gasteiger partial charge in [-0.05, 0) is 30.2 Å². The number of benzene rings is 1. The fourth-order valence-electron chi connectivity index (χ4n) is 3.31. The molecule has 0 aliphatic carbocycles. The highest BCUT2D eigenvalue weighted by Gasteiger charge is 2.39. The summed E-state index contributed by atoms with van der Waals surface area (Å²) in [6, 6.07) is 7.00. The smallest absolute Gasteiger partial charge is 0.421 e. The van der Waals surface area contributed by atoms with E-state index in [1.807, 2.05) is 0 Å². The van der Waals surface area contributed by atoms with Crippen molar-refractivity contribution < 1.29 is 32.3 Å². The molecule has 3 aromatic rings. The summed E-state index contributed by atoms with van der Waals surface area (Å²) in [5.74, 6) is -4.16. The summed E-state index contributed by atoms with van der Waals surface area (Å²) >= 11 is 6.04. The predicted molar refractivity (Wildman–Crippen MR) is 128 cm³/mol. The summed E-state index contributed by atoms with van der Waals surface area (Å²) in [5.41, 5.74) is -1.50. The second-order valence-corrected chi connectivity index (χ2v) is 8.67. The van der Waals surface area contributed by atoms with E-state index in [0.29, 0.717) is 5.69 Å². The van der Waals surface area contributed by atoms with Crippen LogP contribution in [0, 0.1) is 5.92 Å². The van der Waals surface area contributed by atoms with Crippen molar-refractivity contribution in [3.8, 4) is 5.75 Å². The van der Waals surface area contributed by atoms with Crippen molar-refractivity contribution in [1.29, 1.82) is 0 Å². The van der Waals surface area contributed by atoms with Gasteiger partial charge in [-0.3, -0.25) is 24.0 Å². The van der Waals surface area contributed by atoms with Gasteiger partial charge >= 0.3 is 6.18 Å². The van der Waals surface area contributed by atoms with Crippen LogP contribution in [-0.2, 0) is 29.4 Å². The van der Waals surface area contributed by atoms with Crippen LogP contribution in [0.2, 0.25) is 5.02 Å². The minimum atomic E-state index is -4.96. The first-order valence-electron chi connectivity index (χ1n) is 11.0. The molecule has 0 fully saturated rings. The van der Waals surface area contributed by atoms with E-state index in [1.54, 1.807) is 45.3 Å². The zero-order valence-electron chi connectivity index (χ0n) is 20.0. The molecule has 196 valence electrons. The number of alkyl halides is 3. The standard InChI is InChI=1S/C24H23ClF3N5O4/c1-13(2)20(21(34)23(36)30-17-9-11-33(3)32-17)31-22(35)15-7-8-16(18(19(15)25)24(26,27)28)37-12-14-6-4-5-10-29-14/h4-11,13,20H,12H2,1-3H3,(H,31,35)(H,30,32,36)/t20-/m1/s1. The van der Waals surface area contributed by atoms with Crippen LogP contribution in [0.25, 0.3) is 0 Å². The Balaban J connectivity index is 1.83. The normalized spacial score (nSPS) is 12.2. The van der Waals surface area contributed by atoms with Gasteiger partial charge in [-0.25, -0.2) is 0 Å². The fraction of sp³-hybridized carbons (Fsp3) is 0.292. The number of hydrogen-bond donors (Lipinski definition) is 2. The van der Waals surface area contributed by atoms with Crippen molar-refractivity contribution >= 4 is 35.0 Å². The Hall–Kier alpha value is -3.93. The molecule has 0 unspecified atom stereocenters. The molecule has 0 bridgehead atoms. The largest absolute Gasteiger partial charge is 0.487 e. The monoisotopic (exact) mass is 537 g/mol. The third-order valence-corrected chi connectivity index (χ3v) is 5.54. The van der Waals surface area contributed by atoms with E-state index in [1.165, 1.54) is 16.9 Å². The Kier molecular flexibility index (Phi) is 8.53. The first-order chi connectivity index (χ1) is 17.4. The number of rotatable bonds is 9. The summed E-state index contributed by atoms with van der Waals surface area (Å²) in [6.07, 6.45) is -1.94. The van der Waals surface area contributed by atoms with Gasteiger partial charge in [0, 0.05) is 25.5 Å². The first-order valence-corrected chi connectivity index (χ1v) is 11.3. The maximum atomic E-state index is 13.9. The molecule has 0 saturated carbocycles. The molecule has 2 heterocycles. The number of aromatic nitrogens is 3. The Morgan fingerprint density at radius 1 is 1.14 bits per heavy atom. The average molecular weight is 538 g/mol. The number of amides is 2. The number of carbonyl (C=O) groups is 3. The number of halogens is 4. The van der Waals surface area contributed by atoms with Gasteiger partial charge in [0.05, 0.1) is 22.3 Å². The molecular weight excluding hydrogens is 515 g/mol. The molecule has 1 aromatic carbocycles. The van der Waals surface area contributed by atoms with Crippen LogP contribution in [0.5, 0.6) is 5.75 Å². The van der Waals surface area contributed by atoms with Crippen molar-refractivity contribution in [3.63, 3.8) is 0 Å². The number of nitrogens with zero attached hydrogens (tertiary/aromatic N) is 3. The number of ether oxygens (including phenoxy) is 1. The predicted octanol–water partition coefficient (Wildman–Crippen LogP) is 4.03. The third kappa shape index (κ3) is 6.85. The summed E-state index contributed by atoms with van der Waals surface area (Å²) in [7, 11) is 1.61. The lowest BCUT2D eigenvalue weighted by Crippen LogP contribution is -2.48. The number of pyridine rings is 1. The minimum absolute atomic E-state index is 0.119. The van der Waals surface area contributed by atoms with Gasteiger partial charge in [0.25, 0.3) is 11.8 Å². The van der Waals surface area contributed by atoms with E-state index in [2.05, 4.69) is 20.7 Å². The number of aryl methyl sites for hydroxylation is 1. The quantitative estimate of drug-likeness (QED) is 0.398. The first kappa shape index (κ1) is 27.7. The van der Waals surface area contributed by atoms with E-state index in [9.17, 15) is 27.6 Å². The Bertz CT molecular complexity index is 1300. The molecule has 0 aliphatic rings. The summed E-state index contributed by atoms with van der Waals surface area (Å²) in [6.45, 7) is 2.86. The molecular formula is C24H23ClF3N5O4. The lowest BCUT2D eigenvalue weighted by molar-refractivity contribution is -0.139. The molecule has 2 aromatic heterocycles. The number of anilines is 1. The molecule has 1 atom stereocenters. The van der Waals surface area contributed by atoms with Gasteiger partial charge in [-0.15, -0.1) is 0 Å². The van der Waals surface area contributed by atoms with Gasteiger partial charge in [-0.1, -0.05) is 31.5 Å². The fourth-order valence-corrected chi connectivity index (χ4v) is 3.66. The molecule has 2 N–H and O–H groups in total. The maximum absolute atomic E-state index is 13.9. The van der Waals surface area contributed by atoms with Crippen molar-refractivity contribution in [1.82, 2.24) is 20.1 Å². The van der Waals surface area contributed by atoms with Crippen LogP contribution in [0.3, 0.4) is 0 Å². The lowest BCUT2D eigenvalue weighted by Gasteiger charge is -2.22. The topological polar surface area (TPSA) is 115 Å². The van der Waals surface area contributed by atoms with Gasteiger partial charge < -0.3 is 15.4 Å². The average Bonchev–Trinajstić information content (AvgIpc) is 3.24. The van der Waals surface area contributed by atoms with Crippen LogP contribution in [-0.4, -0.2) is 38.4 Å². The van der Waals surface area contributed by atoms with E-state index in [0.717, 1.165) is 12.1 Å². The zero-order chi connectivity index (χ0) is 27.3.